The summed E-state index contributed by atoms with van der Waals surface area (Å²) in [4.78, 5) is 9.91. The number of rotatable bonds is 2. The van der Waals surface area contributed by atoms with E-state index in [2.05, 4.69) is 107 Å². The van der Waals surface area contributed by atoms with Crippen molar-refractivity contribution in [1.29, 1.82) is 0 Å². The van der Waals surface area contributed by atoms with Gasteiger partial charge in [0, 0.05) is 18.3 Å². The molecule has 0 N–H and O–H groups in total. The van der Waals surface area contributed by atoms with Crippen molar-refractivity contribution < 1.29 is 0 Å². The number of hydrogen-bond donors (Lipinski definition) is 0. The number of anilines is 4. The standard InChI is InChI=1S/C25H22N4/c1-17-14-15-22-24(26-23-13-8-16-27(22)23)25(17)29-18(2)28(19-9-4-3-5-10-19)20-11-6-7-12-21(20)29/h3-12,14-16,18H,13H2,1-2H3/t18-/m0/s1. The Bertz CT molecular complexity index is 1270. The summed E-state index contributed by atoms with van der Waals surface area (Å²) in [6.45, 7) is 4.46. The average molecular weight is 378 g/mol. The van der Waals surface area contributed by atoms with E-state index in [1.165, 1.54) is 33.8 Å². The van der Waals surface area contributed by atoms with Gasteiger partial charge in [0.15, 0.2) is 0 Å². The van der Waals surface area contributed by atoms with E-state index in [-0.39, 0.29) is 6.17 Å². The Balaban J connectivity index is 1.60. The van der Waals surface area contributed by atoms with Crippen LogP contribution in [-0.2, 0) is 6.42 Å². The lowest BCUT2D eigenvalue weighted by atomic mass is 10.1. The van der Waals surface area contributed by atoms with Crippen molar-refractivity contribution in [1.82, 2.24) is 9.55 Å². The summed E-state index contributed by atoms with van der Waals surface area (Å²) < 4.78 is 2.22. The molecule has 142 valence electrons. The molecule has 0 unspecified atom stereocenters. The van der Waals surface area contributed by atoms with Crippen molar-refractivity contribution in [2.24, 2.45) is 0 Å². The van der Waals surface area contributed by atoms with Gasteiger partial charge in [0.1, 0.15) is 17.5 Å². The highest BCUT2D eigenvalue weighted by Crippen LogP contribution is 2.49. The van der Waals surface area contributed by atoms with Crippen LogP contribution in [0.2, 0.25) is 0 Å². The zero-order valence-electron chi connectivity index (χ0n) is 16.6. The zero-order chi connectivity index (χ0) is 19.5. The van der Waals surface area contributed by atoms with Crippen LogP contribution in [-0.4, -0.2) is 15.7 Å². The van der Waals surface area contributed by atoms with Crippen molar-refractivity contribution in [3.05, 3.63) is 84.2 Å². The minimum atomic E-state index is 0.145. The van der Waals surface area contributed by atoms with Gasteiger partial charge >= 0.3 is 0 Å². The molecule has 0 saturated carbocycles. The van der Waals surface area contributed by atoms with Crippen LogP contribution in [0.15, 0.2) is 72.8 Å². The lowest BCUT2D eigenvalue weighted by Gasteiger charge is -2.31. The maximum absolute atomic E-state index is 5.04. The number of allylic oxidation sites excluding steroid dienone is 1. The Labute approximate surface area is 170 Å². The fraction of sp³-hybridized carbons (Fsp3) is 0.160. The van der Waals surface area contributed by atoms with Crippen molar-refractivity contribution in [3.8, 4) is 0 Å². The monoisotopic (exact) mass is 378 g/mol. The van der Waals surface area contributed by atoms with Crippen LogP contribution in [0.25, 0.3) is 17.2 Å². The van der Waals surface area contributed by atoms with Crippen LogP contribution in [0.3, 0.4) is 0 Å². The minimum absolute atomic E-state index is 0.145. The first kappa shape index (κ1) is 16.4. The molecule has 2 aliphatic heterocycles. The van der Waals surface area contributed by atoms with Crippen molar-refractivity contribution in [3.63, 3.8) is 0 Å². The lowest BCUT2D eigenvalue weighted by Crippen LogP contribution is -2.35. The van der Waals surface area contributed by atoms with Gasteiger partial charge in [0.2, 0.25) is 0 Å². The molecule has 0 saturated heterocycles. The molecule has 3 aromatic carbocycles. The number of benzene rings is 3. The summed E-state index contributed by atoms with van der Waals surface area (Å²) in [5, 5.41) is 0. The topological polar surface area (TPSA) is 24.3 Å². The first-order valence-corrected chi connectivity index (χ1v) is 10.1. The second-order valence-electron chi connectivity index (χ2n) is 7.78. The van der Waals surface area contributed by atoms with E-state index in [0.717, 1.165) is 17.8 Å². The number of aryl methyl sites for hydroxylation is 1. The Kier molecular flexibility index (Phi) is 3.39. The van der Waals surface area contributed by atoms with E-state index >= 15 is 0 Å². The van der Waals surface area contributed by atoms with Crippen LogP contribution in [0.4, 0.5) is 22.7 Å². The normalized spacial score (nSPS) is 17.2. The SMILES string of the molecule is Cc1ccc2c(nc3n2C=CC3)c1N1c2ccccc2N(c2ccccc2)[C@@H]1C. The molecular formula is C25H22N4. The Morgan fingerprint density at radius 3 is 2.38 bits per heavy atom. The van der Waals surface area contributed by atoms with Crippen molar-refractivity contribution >= 4 is 40.0 Å². The lowest BCUT2D eigenvalue weighted by molar-refractivity contribution is 0.761. The van der Waals surface area contributed by atoms with Crippen molar-refractivity contribution in [2.75, 3.05) is 9.80 Å². The molecule has 0 radical (unpaired) electrons. The summed E-state index contributed by atoms with van der Waals surface area (Å²) in [5.41, 5.74) is 8.37. The largest absolute Gasteiger partial charge is 0.319 e. The molecule has 1 atom stereocenters. The van der Waals surface area contributed by atoms with Crippen molar-refractivity contribution in [2.45, 2.75) is 26.4 Å². The molecule has 0 aliphatic carbocycles. The van der Waals surface area contributed by atoms with E-state index in [1.807, 2.05) is 0 Å². The second-order valence-corrected chi connectivity index (χ2v) is 7.78. The first-order valence-electron chi connectivity index (χ1n) is 10.1. The molecule has 0 bridgehead atoms. The molecule has 0 fully saturated rings. The molecule has 2 aliphatic rings. The summed E-state index contributed by atoms with van der Waals surface area (Å²) in [5.74, 6) is 1.12. The van der Waals surface area contributed by atoms with Gasteiger partial charge in [-0.3, -0.25) is 0 Å². The third-order valence-corrected chi connectivity index (χ3v) is 6.09. The quantitative estimate of drug-likeness (QED) is 0.427. The van der Waals surface area contributed by atoms with Gasteiger partial charge in [-0.25, -0.2) is 4.98 Å². The fourth-order valence-electron chi connectivity index (χ4n) is 4.81. The van der Waals surface area contributed by atoms with Gasteiger partial charge in [0.05, 0.1) is 22.6 Å². The van der Waals surface area contributed by atoms with Crippen LogP contribution in [0.5, 0.6) is 0 Å². The molecule has 4 nitrogen and oxygen atoms in total. The number of hydrogen-bond acceptors (Lipinski definition) is 3. The minimum Gasteiger partial charge on any atom is -0.319 e. The highest BCUT2D eigenvalue weighted by atomic mass is 15.4. The molecule has 4 heteroatoms. The molecule has 4 aromatic rings. The van der Waals surface area contributed by atoms with Crippen LogP contribution in [0.1, 0.15) is 18.3 Å². The molecule has 0 amide bonds. The predicted octanol–water partition coefficient (Wildman–Crippen LogP) is 6.01. The molecule has 6 rings (SSSR count). The molecule has 0 spiro atoms. The summed E-state index contributed by atoms with van der Waals surface area (Å²) in [7, 11) is 0. The van der Waals surface area contributed by atoms with E-state index in [9.17, 15) is 0 Å². The van der Waals surface area contributed by atoms with Crippen LogP contribution >= 0.6 is 0 Å². The van der Waals surface area contributed by atoms with E-state index in [0.29, 0.717) is 0 Å². The Morgan fingerprint density at radius 1 is 0.862 bits per heavy atom. The van der Waals surface area contributed by atoms with Gasteiger partial charge < -0.3 is 14.4 Å². The number of para-hydroxylation sites is 3. The average Bonchev–Trinajstić information content (AvgIpc) is 3.40. The smallest absolute Gasteiger partial charge is 0.117 e. The Hall–Kier alpha value is -3.53. The maximum Gasteiger partial charge on any atom is 0.117 e. The van der Waals surface area contributed by atoms with Crippen LogP contribution in [0, 0.1) is 6.92 Å². The number of nitrogens with zero attached hydrogens (tertiary/aromatic N) is 4. The zero-order valence-corrected chi connectivity index (χ0v) is 16.6. The molecule has 1 aromatic heterocycles. The molecular weight excluding hydrogens is 356 g/mol. The first-order chi connectivity index (χ1) is 14.2. The third-order valence-electron chi connectivity index (χ3n) is 6.09. The van der Waals surface area contributed by atoms with Gasteiger partial charge in [-0.1, -0.05) is 42.5 Å². The van der Waals surface area contributed by atoms with Crippen LogP contribution < -0.4 is 9.80 Å². The highest BCUT2D eigenvalue weighted by molar-refractivity contribution is 5.99. The Morgan fingerprint density at radius 2 is 1.59 bits per heavy atom. The summed E-state index contributed by atoms with van der Waals surface area (Å²) >= 11 is 0. The maximum atomic E-state index is 5.04. The van der Waals surface area contributed by atoms with Gasteiger partial charge in [-0.2, -0.15) is 0 Å². The van der Waals surface area contributed by atoms with Gasteiger partial charge in [-0.05, 0) is 49.7 Å². The number of aromatic nitrogens is 2. The van der Waals surface area contributed by atoms with Gasteiger partial charge in [-0.15, -0.1) is 0 Å². The second kappa shape index (κ2) is 5.98. The number of imidazole rings is 1. The third kappa shape index (κ3) is 2.23. The van der Waals surface area contributed by atoms with E-state index in [4.69, 9.17) is 4.98 Å². The van der Waals surface area contributed by atoms with Gasteiger partial charge in [0.25, 0.3) is 0 Å². The molecule has 3 heterocycles. The predicted molar refractivity (Wildman–Crippen MR) is 120 cm³/mol. The summed E-state index contributed by atoms with van der Waals surface area (Å²) in [6, 6.07) is 23.7. The van der Waals surface area contributed by atoms with E-state index < -0.39 is 0 Å². The van der Waals surface area contributed by atoms with E-state index in [1.54, 1.807) is 0 Å². The highest BCUT2D eigenvalue weighted by Gasteiger charge is 2.36. The number of fused-ring (bicyclic) bond motifs is 4. The molecule has 29 heavy (non-hydrogen) atoms. The summed E-state index contributed by atoms with van der Waals surface area (Å²) in [6.07, 6.45) is 5.36. The fourth-order valence-corrected chi connectivity index (χ4v) is 4.81.